The van der Waals surface area contributed by atoms with Crippen molar-refractivity contribution in [1.82, 2.24) is 5.32 Å². The maximum Gasteiger partial charge on any atom is 0.0771 e. The number of aliphatic hydroxyl groups is 1. The van der Waals surface area contributed by atoms with Gasteiger partial charge in [0, 0.05) is 12.6 Å². The minimum Gasteiger partial charge on any atom is -0.389 e. The van der Waals surface area contributed by atoms with Gasteiger partial charge >= 0.3 is 0 Å². The van der Waals surface area contributed by atoms with Crippen LogP contribution in [0.2, 0.25) is 0 Å². The fourth-order valence-corrected chi connectivity index (χ4v) is 3.67. The summed E-state index contributed by atoms with van der Waals surface area (Å²) in [6, 6.07) is 0.666. The smallest absolute Gasteiger partial charge is 0.0771 e. The van der Waals surface area contributed by atoms with E-state index in [0.717, 1.165) is 25.3 Å². The molecule has 2 heteroatoms. The van der Waals surface area contributed by atoms with Gasteiger partial charge in [-0.05, 0) is 31.6 Å². The van der Waals surface area contributed by atoms with Crippen LogP contribution in [-0.2, 0) is 0 Å². The first-order valence-electron chi connectivity index (χ1n) is 7.69. The van der Waals surface area contributed by atoms with Gasteiger partial charge in [0.1, 0.15) is 0 Å². The molecule has 2 saturated carbocycles. The highest BCUT2D eigenvalue weighted by atomic mass is 16.3. The number of nitrogens with one attached hydrogen (secondary N) is 1. The highest BCUT2D eigenvalue weighted by molar-refractivity contribution is 4.88. The van der Waals surface area contributed by atoms with Crippen LogP contribution in [0.1, 0.15) is 71.1 Å². The predicted octanol–water partition coefficient (Wildman–Crippen LogP) is 3.24. The molecule has 100 valence electrons. The lowest BCUT2D eigenvalue weighted by atomic mass is 9.81. The maximum absolute atomic E-state index is 10.5. The molecule has 2 N–H and O–H groups in total. The summed E-state index contributed by atoms with van der Waals surface area (Å²) in [6.07, 6.45) is 12.5. The van der Waals surface area contributed by atoms with Gasteiger partial charge in [0.25, 0.3) is 0 Å². The lowest BCUT2D eigenvalue weighted by Crippen LogP contribution is -2.48. The first-order chi connectivity index (χ1) is 8.23. The van der Waals surface area contributed by atoms with Gasteiger partial charge in [0.15, 0.2) is 0 Å². The average molecular weight is 239 g/mol. The summed E-state index contributed by atoms with van der Waals surface area (Å²) in [5, 5.41) is 14.2. The van der Waals surface area contributed by atoms with Crippen molar-refractivity contribution in [3.8, 4) is 0 Å². The second-order valence-electron chi connectivity index (χ2n) is 6.23. The lowest BCUT2D eigenvalue weighted by Gasteiger charge is -2.37. The lowest BCUT2D eigenvalue weighted by molar-refractivity contribution is -0.000394. The van der Waals surface area contributed by atoms with Crippen molar-refractivity contribution >= 4 is 0 Å². The van der Waals surface area contributed by atoms with Crippen LogP contribution in [0.3, 0.4) is 0 Å². The van der Waals surface area contributed by atoms with Gasteiger partial charge in [-0.25, -0.2) is 0 Å². The van der Waals surface area contributed by atoms with Gasteiger partial charge in [-0.2, -0.15) is 0 Å². The molecular formula is C15H29NO. The Morgan fingerprint density at radius 2 is 1.76 bits per heavy atom. The average Bonchev–Trinajstić information content (AvgIpc) is 2.38. The Labute approximate surface area is 106 Å². The highest BCUT2D eigenvalue weighted by Crippen LogP contribution is 2.30. The standard InChI is InChI=1S/C15H29NO/c1-2-13-8-4-5-9-14(13)16-12-15(17)10-6-3-7-11-15/h13-14,16-17H,2-12H2,1H3. The molecular weight excluding hydrogens is 210 g/mol. The molecule has 0 heterocycles. The molecule has 0 radical (unpaired) electrons. The SMILES string of the molecule is CCC1CCCCC1NCC1(O)CCCCC1. The van der Waals surface area contributed by atoms with Crippen LogP contribution in [-0.4, -0.2) is 23.3 Å². The van der Waals surface area contributed by atoms with E-state index in [2.05, 4.69) is 12.2 Å². The Bertz CT molecular complexity index is 223. The van der Waals surface area contributed by atoms with Gasteiger partial charge < -0.3 is 10.4 Å². The van der Waals surface area contributed by atoms with Crippen LogP contribution in [0.25, 0.3) is 0 Å². The molecule has 0 amide bonds. The summed E-state index contributed by atoms with van der Waals surface area (Å²) in [6.45, 7) is 3.13. The zero-order valence-corrected chi connectivity index (χ0v) is 11.4. The van der Waals surface area contributed by atoms with Crippen LogP contribution in [0, 0.1) is 5.92 Å². The van der Waals surface area contributed by atoms with Gasteiger partial charge in [-0.3, -0.25) is 0 Å². The third-order valence-corrected chi connectivity index (χ3v) is 4.91. The molecule has 17 heavy (non-hydrogen) atoms. The van der Waals surface area contributed by atoms with E-state index >= 15 is 0 Å². The third kappa shape index (κ3) is 3.69. The summed E-state index contributed by atoms with van der Waals surface area (Å²) in [4.78, 5) is 0. The summed E-state index contributed by atoms with van der Waals surface area (Å²) < 4.78 is 0. The summed E-state index contributed by atoms with van der Waals surface area (Å²) in [5.74, 6) is 0.843. The van der Waals surface area contributed by atoms with E-state index in [1.165, 1.54) is 51.4 Å². The van der Waals surface area contributed by atoms with E-state index in [0.29, 0.717) is 6.04 Å². The Kier molecular flexibility index (Phi) is 4.87. The Hall–Kier alpha value is -0.0800. The summed E-state index contributed by atoms with van der Waals surface area (Å²) in [5.41, 5.74) is -0.395. The van der Waals surface area contributed by atoms with Crippen molar-refractivity contribution in [2.75, 3.05) is 6.54 Å². The molecule has 0 bridgehead atoms. The Morgan fingerprint density at radius 3 is 2.47 bits per heavy atom. The molecule has 2 atom stereocenters. The molecule has 2 rings (SSSR count). The predicted molar refractivity (Wildman–Crippen MR) is 72.1 cm³/mol. The molecule has 0 aromatic carbocycles. The van der Waals surface area contributed by atoms with Gasteiger partial charge in [0.2, 0.25) is 0 Å². The van der Waals surface area contributed by atoms with Crippen molar-refractivity contribution in [2.45, 2.75) is 82.8 Å². The van der Waals surface area contributed by atoms with E-state index in [1.54, 1.807) is 0 Å². The first-order valence-corrected chi connectivity index (χ1v) is 7.69. The maximum atomic E-state index is 10.5. The van der Waals surface area contributed by atoms with Crippen molar-refractivity contribution in [3.05, 3.63) is 0 Å². The molecule has 2 aliphatic carbocycles. The van der Waals surface area contributed by atoms with E-state index in [1.807, 2.05) is 0 Å². The van der Waals surface area contributed by atoms with Crippen LogP contribution in [0.4, 0.5) is 0 Å². The third-order valence-electron chi connectivity index (χ3n) is 4.91. The highest BCUT2D eigenvalue weighted by Gasteiger charge is 2.31. The van der Waals surface area contributed by atoms with E-state index < -0.39 is 5.60 Å². The van der Waals surface area contributed by atoms with Crippen LogP contribution in [0.15, 0.2) is 0 Å². The molecule has 0 spiro atoms. The molecule has 2 unspecified atom stereocenters. The summed E-state index contributed by atoms with van der Waals surface area (Å²) in [7, 11) is 0. The fourth-order valence-electron chi connectivity index (χ4n) is 3.67. The molecule has 0 aliphatic heterocycles. The van der Waals surface area contributed by atoms with Crippen molar-refractivity contribution in [3.63, 3.8) is 0 Å². The Morgan fingerprint density at radius 1 is 1.06 bits per heavy atom. The first kappa shape index (κ1) is 13.4. The molecule has 2 aliphatic rings. The monoisotopic (exact) mass is 239 g/mol. The van der Waals surface area contributed by atoms with Crippen molar-refractivity contribution < 1.29 is 5.11 Å². The number of hydrogen-bond donors (Lipinski definition) is 2. The second-order valence-corrected chi connectivity index (χ2v) is 6.23. The van der Waals surface area contributed by atoms with E-state index in [4.69, 9.17) is 0 Å². The minimum absolute atomic E-state index is 0.395. The van der Waals surface area contributed by atoms with Gasteiger partial charge in [-0.1, -0.05) is 45.4 Å². The summed E-state index contributed by atoms with van der Waals surface area (Å²) >= 11 is 0. The van der Waals surface area contributed by atoms with E-state index in [9.17, 15) is 5.11 Å². The van der Waals surface area contributed by atoms with Crippen LogP contribution >= 0.6 is 0 Å². The van der Waals surface area contributed by atoms with Crippen LogP contribution < -0.4 is 5.32 Å². The second kappa shape index (κ2) is 6.19. The number of hydrogen-bond acceptors (Lipinski definition) is 2. The Balaban J connectivity index is 1.79. The minimum atomic E-state index is -0.395. The zero-order valence-electron chi connectivity index (χ0n) is 11.4. The largest absolute Gasteiger partial charge is 0.389 e. The topological polar surface area (TPSA) is 32.3 Å². The van der Waals surface area contributed by atoms with Crippen molar-refractivity contribution in [2.24, 2.45) is 5.92 Å². The molecule has 2 fully saturated rings. The fraction of sp³-hybridized carbons (Fsp3) is 1.00. The zero-order chi connectivity index (χ0) is 12.1. The molecule has 0 saturated heterocycles. The van der Waals surface area contributed by atoms with Gasteiger partial charge in [0.05, 0.1) is 5.60 Å². The number of rotatable bonds is 4. The normalized spacial score (nSPS) is 33.5. The van der Waals surface area contributed by atoms with Crippen LogP contribution in [0.5, 0.6) is 0 Å². The quantitative estimate of drug-likeness (QED) is 0.789. The van der Waals surface area contributed by atoms with E-state index in [-0.39, 0.29) is 0 Å². The molecule has 0 aromatic rings. The molecule has 0 aromatic heterocycles. The molecule has 2 nitrogen and oxygen atoms in total. The van der Waals surface area contributed by atoms with Gasteiger partial charge in [-0.15, -0.1) is 0 Å². The van der Waals surface area contributed by atoms with Crippen molar-refractivity contribution in [1.29, 1.82) is 0 Å².